The van der Waals surface area contributed by atoms with Crippen LogP contribution in [0.1, 0.15) is 5.69 Å². The number of rotatable bonds is 4. The summed E-state index contributed by atoms with van der Waals surface area (Å²) in [5.74, 6) is 2.01. The van der Waals surface area contributed by atoms with Gasteiger partial charge in [-0.15, -0.1) is 0 Å². The largest absolute Gasteiger partial charge is 0.493 e. The summed E-state index contributed by atoms with van der Waals surface area (Å²) in [6.07, 6.45) is 0. The standard InChI is InChI=1S/C15H17N3O2S/c1-10-5-4-6-14(16-10)18-15(21)17-11-7-8-12(19-2)13(9-11)20-3/h4-9H,1-3H3,(H2,16,17,18,21). The number of thiocarbonyl (C=S) groups is 1. The number of pyridine rings is 1. The molecule has 0 radical (unpaired) electrons. The summed E-state index contributed by atoms with van der Waals surface area (Å²) < 4.78 is 10.4. The van der Waals surface area contributed by atoms with Crippen molar-refractivity contribution in [1.82, 2.24) is 4.98 Å². The van der Waals surface area contributed by atoms with Crippen LogP contribution in [0, 0.1) is 6.92 Å². The maximum Gasteiger partial charge on any atom is 0.176 e. The van der Waals surface area contributed by atoms with Gasteiger partial charge in [0.25, 0.3) is 0 Å². The highest BCUT2D eigenvalue weighted by atomic mass is 32.1. The molecule has 0 amide bonds. The second-order valence-corrected chi connectivity index (χ2v) is 4.72. The minimum Gasteiger partial charge on any atom is -0.493 e. The molecule has 2 aromatic rings. The second-order valence-electron chi connectivity index (χ2n) is 4.31. The lowest BCUT2D eigenvalue weighted by molar-refractivity contribution is 0.355. The maximum atomic E-state index is 5.27. The zero-order chi connectivity index (χ0) is 15.2. The van der Waals surface area contributed by atoms with E-state index in [1.54, 1.807) is 14.2 Å². The van der Waals surface area contributed by atoms with Gasteiger partial charge < -0.3 is 20.1 Å². The van der Waals surface area contributed by atoms with Gasteiger partial charge in [0.05, 0.1) is 14.2 Å². The molecular weight excluding hydrogens is 286 g/mol. The Labute approximate surface area is 129 Å². The first-order valence-electron chi connectivity index (χ1n) is 6.36. The Kier molecular flexibility index (Phi) is 4.94. The number of hydrogen-bond donors (Lipinski definition) is 2. The van der Waals surface area contributed by atoms with E-state index in [0.29, 0.717) is 22.4 Å². The highest BCUT2D eigenvalue weighted by Crippen LogP contribution is 2.29. The summed E-state index contributed by atoms with van der Waals surface area (Å²) in [6, 6.07) is 11.2. The van der Waals surface area contributed by atoms with Crippen molar-refractivity contribution < 1.29 is 9.47 Å². The van der Waals surface area contributed by atoms with Crippen LogP contribution in [0.15, 0.2) is 36.4 Å². The molecule has 0 unspecified atom stereocenters. The molecule has 2 rings (SSSR count). The number of nitrogens with one attached hydrogen (secondary N) is 2. The lowest BCUT2D eigenvalue weighted by Gasteiger charge is -2.13. The Morgan fingerprint density at radius 3 is 2.48 bits per heavy atom. The van der Waals surface area contributed by atoms with Crippen molar-refractivity contribution in [3.05, 3.63) is 42.1 Å². The molecule has 0 aliphatic rings. The average molecular weight is 303 g/mol. The third kappa shape index (κ3) is 4.06. The molecule has 0 saturated heterocycles. The van der Waals surface area contributed by atoms with Crippen LogP contribution in [0.2, 0.25) is 0 Å². The molecule has 2 N–H and O–H groups in total. The summed E-state index contributed by atoms with van der Waals surface area (Å²) in [5, 5.41) is 6.57. The normalized spacial score (nSPS) is 9.86. The smallest absolute Gasteiger partial charge is 0.176 e. The molecule has 0 fully saturated rings. The number of anilines is 2. The van der Waals surface area contributed by atoms with Gasteiger partial charge in [-0.05, 0) is 43.4 Å². The van der Waals surface area contributed by atoms with E-state index in [1.165, 1.54) is 0 Å². The topological polar surface area (TPSA) is 55.4 Å². The molecule has 21 heavy (non-hydrogen) atoms. The Balaban J connectivity index is 2.06. The lowest BCUT2D eigenvalue weighted by atomic mass is 10.3. The molecule has 110 valence electrons. The Morgan fingerprint density at radius 2 is 1.81 bits per heavy atom. The minimum absolute atomic E-state index is 0.459. The van der Waals surface area contributed by atoms with E-state index < -0.39 is 0 Å². The Morgan fingerprint density at radius 1 is 1.05 bits per heavy atom. The third-order valence-electron chi connectivity index (χ3n) is 2.77. The fourth-order valence-electron chi connectivity index (χ4n) is 1.81. The number of benzene rings is 1. The van der Waals surface area contributed by atoms with Gasteiger partial charge in [-0.25, -0.2) is 4.98 Å². The quantitative estimate of drug-likeness (QED) is 0.846. The molecule has 6 heteroatoms. The fraction of sp³-hybridized carbons (Fsp3) is 0.200. The first-order chi connectivity index (χ1) is 10.1. The zero-order valence-electron chi connectivity index (χ0n) is 12.1. The highest BCUT2D eigenvalue weighted by Gasteiger charge is 2.06. The Hall–Kier alpha value is -2.34. The highest BCUT2D eigenvalue weighted by molar-refractivity contribution is 7.80. The second kappa shape index (κ2) is 6.90. The van der Waals surface area contributed by atoms with E-state index >= 15 is 0 Å². The zero-order valence-corrected chi connectivity index (χ0v) is 13.0. The van der Waals surface area contributed by atoms with Gasteiger partial charge in [-0.3, -0.25) is 0 Å². The molecule has 0 bridgehead atoms. The van der Waals surface area contributed by atoms with Crippen LogP contribution < -0.4 is 20.1 Å². The number of hydrogen-bond acceptors (Lipinski definition) is 4. The summed E-state index contributed by atoms with van der Waals surface area (Å²) in [7, 11) is 3.19. The van der Waals surface area contributed by atoms with Crippen molar-refractivity contribution in [3.63, 3.8) is 0 Å². The monoisotopic (exact) mass is 303 g/mol. The summed E-state index contributed by atoms with van der Waals surface area (Å²) >= 11 is 5.27. The van der Waals surface area contributed by atoms with Crippen molar-refractivity contribution in [3.8, 4) is 11.5 Å². The Bertz CT molecular complexity index is 647. The number of aromatic nitrogens is 1. The van der Waals surface area contributed by atoms with E-state index in [1.807, 2.05) is 43.3 Å². The average Bonchev–Trinajstić information content (AvgIpc) is 2.47. The fourth-order valence-corrected chi connectivity index (χ4v) is 2.03. The number of methoxy groups -OCH3 is 2. The van der Waals surface area contributed by atoms with Crippen LogP contribution in [-0.4, -0.2) is 24.3 Å². The lowest BCUT2D eigenvalue weighted by Crippen LogP contribution is -2.19. The minimum atomic E-state index is 0.459. The summed E-state index contributed by atoms with van der Waals surface area (Å²) in [5.41, 5.74) is 1.73. The van der Waals surface area contributed by atoms with E-state index in [-0.39, 0.29) is 0 Å². The molecule has 0 atom stereocenters. The summed E-state index contributed by atoms with van der Waals surface area (Å²) in [6.45, 7) is 1.93. The number of nitrogens with zero attached hydrogens (tertiary/aromatic N) is 1. The van der Waals surface area contributed by atoms with Crippen molar-refractivity contribution >= 4 is 28.8 Å². The molecule has 0 aliphatic carbocycles. The predicted octanol–water partition coefficient (Wildman–Crippen LogP) is 3.22. The number of ether oxygens (including phenoxy) is 2. The van der Waals surface area contributed by atoms with Crippen LogP contribution >= 0.6 is 12.2 Å². The number of aryl methyl sites for hydroxylation is 1. The SMILES string of the molecule is COc1ccc(NC(=S)Nc2cccc(C)n2)cc1OC. The van der Waals surface area contributed by atoms with Crippen molar-refractivity contribution in [2.24, 2.45) is 0 Å². The van der Waals surface area contributed by atoms with Crippen molar-refractivity contribution in [1.29, 1.82) is 0 Å². The van der Waals surface area contributed by atoms with Gasteiger partial charge in [0.15, 0.2) is 16.6 Å². The van der Waals surface area contributed by atoms with Gasteiger partial charge in [0.1, 0.15) is 5.82 Å². The molecular formula is C15H17N3O2S. The first kappa shape index (κ1) is 15.1. The van der Waals surface area contributed by atoms with Crippen LogP contribution in [0.25, 0.3) is 0 Å². The molecule has 5 nitrogen and oxygen atoms in total. The van der Waals surface area contributed by atoms with Gasteiger partial charge in [0.2, 0.25) is 0 Å². The van der Waals surface area contributed by atoms with E-state index in [4.69, 9.17) is 21.7 Å². The molecule has 0 aliphatic heterocycles. The first-order valence-corrected chi connectivity index (χ1v) is 6.77. The van der Waals surface area contributed by atoms with Gasteiger partial charge in [-0.1, -0.05) is 6.07 Å². The molecule has 0 spiro atoms. The van der Waals surface area contributed by atoms with Crippen LogP contribution in [0.4, 0.5) is 11.5 Å². The van der Waals surface area contributed by atoms with E-state index in [0.717, 1.165) is 11.4 Å². The third-order valence-corrected chi connectivity index (χ3v) is 2.98. The predicted molar refractivity (Wildman–Crippen MR) is 88.4 cm³/mol. The van der Waals surface area contributed by atoms with Crippen LogP contribution in [0.3, 0.4) is 0 Å². The van der Waals surface area contributed by atoms with Crippen LogP contribution in [0.5, 0.6) is 11.5 Å². The maximum absolute atomic E-state index is 5.27. The van der Waals surface area contributed by atoms with Gasteiger partial charge in [-0.2, -0.15) is 0 Å². The van der Waals surface area contributed by atoms with E-state index in [2.05, 4.69) is 15.6 Å². The molecule has 1 aromatic heterocycles. The molecule has 1 heterocycles. The molecule has 1 aromatic carbocycles. The van der Waals surface area contributed by atoms with Crippen molar-refractivity contribution in [2.45, 2.75) is 6.92 Å². The van der Waals surface area contributed by atoms with Crippen LogP contribution in [-0.2, 0) is 0 Å². The van der Waals surface area contributed by atoms with Gasteiger partial charge in [0, 0.05) is 17.4 Å². The molecule has 0 saturated carbocycles. The summed E-state index contributed by atoms with van der Waals surface area (Å²) in [4.78, 5) is 4.33. The van der Waals surface area contributed by atoms with Crippen molar-refractivity contribution in [2.75, 3.05) is 24.9 Å². The van der Waals surface area contributed by atoms with Gasteiger partial charge >= 0.3 is 0 Å². The van der Waals surface area contributed by atoms with E-state index in [9.17, 15) is 0 Å².